The second-order valence-corrected chi connectivity index (χ2v) is 15.1. The van der Waals surface area contributed by atoms with Crippen LogP contribution in [-0.4, -0.2) is 4.98 Å². The van der Waals surface area contributed by atoms with Gasteiger partial charge in [-0.25, -0.2) is 0 Å². The van der Waals surface area contributed by atoms with Gasteiger partial charge in [0.25, 0.3) is 0 Å². The number of aryl methyl sites for hydroxylation is 3. The molecule has 1 aliphatic heterocycles. The van der Waals surface area contributed by atoms with Crippen LogP contribution in [0, 0.1) is 38.0 Å². The van der Waals surface area contributed by atoms with Crippen molar-refractivity contribution < 1.29 is 9.13 Å². The lowest BCUT2D eigenvalue weighted by molar-refractivity contribution is -0.729. The van der Waals surface area contributed by atoms with Crippen LogP contribution in [-0.2, 0) is 29.3 Å². The Morgan fingerprint density at radius 1 is 0.867 bits per heavy atom. The van der Waals surface area contributed by atoms with Crippen LogP contribution in [0.5, 0.6) is 0 Å². The van der Waals surface area contributed by atoms with Crippen molar-refractivity contribution in [1.82, 2.24) is 4.98 Å². The van der Waals surface area contributed by atoms with Gasteiger partial charge in [0.1, 0.15) is 0 Å². The van der Waals surface area contributed by atoms with Crippen LogP contribution < -0.4 is 9.13 Å². The molecule has 0 N–H and O–H groups in total. The summed E-state index contributed by atoms with van der Waals surface area (Å²) in [6, 6.07) is 19.8. The Labute approximate surface area is 270 Å². The lowest BCUT2D eigenvalue weighted by Crippen LogP contribution is -2.52. The van der Waals surface area contributed by atoms with Crippen molar-refractivity contribution in [1.29, 1.82) is 5.26 Å². The number of hydrogen-bond donors (Lipinski definition) is 0. The molecule has 1 aromatic carbocycles. The first kappa shape index (κ1) is 31.2. The van der Waals surface area contributed by atoms with E-state index in [0.29, 0.717) is 11.5 Å². The maximum Gasteiger partial charge on any atom is 0.214 e. The van der Waals surface area contributed by atoms with Gasteiger partial charge < -0.3 is 0 Å². The van der Waals surface area contributed by atoms with E-state index in [1.165, 1.54) is 52.0 Å². The fraction of sp³-hybridized carbons (Fsp3) is 0.463. The van der Waals surface area contributed by atoms with Gasteiger partial charge in [0.2, 0.25) is 11.4 Å². The molecule has 45 heavy (non-hydrogen) atoms. The Morgan fingerprint density at radius 2 is 1.58 bits per heavy atom. The SMILES string of the molecule is CCC1(CC)c2cc(C)nc(C)c2-c2cc3c(c[n+]2CC1C[n+]1ccccc1-c1cc(C#N)ccc1C)C(C)(C)CCC3(C)C. The van der Waals surface area contributed by atoms with Crippen LogP contribution in [0.3, 0.4) is 0 Å². The van der Waals surface area contributed by atoms with Gasteiger partial charge in [0.05, 0.1) is 34.4 Å². The second-order valence-electron chi connectivity index (χ2n) is 15.1. The molecule has 6 rings (SSSR count). The molecule has 0 fully saturated rings. The fourth-order valence-electron chi connectivity index (χ4n) is 8.66. The Morgan fingerprint density at radius 3 is 2.27 bits per heavy atom. The van der Waals surface area contributed by atoms with Crippen molar-refractivity contribution in [2.24, 2.45) is 5.92 Å². The number of nitrogens with zero attached hydrogens (tertiary/aromatic N) is 4. The topological polar surface area (TPSA) is 44.4 Å². The second kappa shape index (κ2) is 11.2. The van der Waals surface area contributed by atoms with Crippen molar-refractivity contribution in [2.45, 2.75) is 117 Å². The molecular formula is C41H50N4+2. The highest BCUT2D eigenvalue weighted by Gasteiger charge is 2.49. The molecular weight excluding hydrogens is 548 g/mol. The summed E-state index contributed by atoms with van der Waals surface area (Å²) < 4.78 is 5.05. The van der Waals surface area contributed by atoms with Crippen molar-refractivity contribution in [3.8, 4) is 28.6 Å². The zero-order valence-corrected chi connectivity index (χ0v) is 28.9. The third-order valence-electron chi connectivity index (χ3n) is 11.6. The Bertz CT molecular complexity index is 1830. The summed E-state index contributed by atoms with van der Waals surface area (Å²) in [5.74, 6) is 0.335. The lowest BCUT2D eigenvalue weighted by Gasteiger charge is -2.40. The van der Waals surface area contributed by atoms with Gasteiger partial charge in [-0.2, -0.15) is 14.4 Å². The summed E-state index contributed by atoms with van der Waals surface area (Å²) in [7, 11) is 0. The molecule has 0 amide bonds. The van der Waals surface area contributed by atoms with Crippen LogP contribution in [0.1, 0.15) is 106 Å². The van der Waals surface area contributed by atoms with E-state index in [1.54, 1.807) is 0 Å². The molecule has 0 bridgehead atoms. The molecule has 2 aliphatic rings. The Balaban J connectivity index is 1.61. The number of nitriles is 1. The monoisotopic (exact) mass is 598 g/mol. The van der Waals surface area contributed by atoms with Crippen molar-refractivity contribution >= 4 is 0 Å². The van der Waals surface area contributed by atoms with Crippen molar-refractivity contribution in [3.05, 3.63) is 100 Å². The maximum atomic E-state index is 9.71. The summed E-state index contributed by atoms with van der Waals surface area (Å²) >= 11 is 0. The minimum Gasteiger partial charge on any atom is -0.258 e. The van der Waals surface area contributed by atoms with Crippen molar-refractivity contribution in [2.75, 3.05) is 0 Å². The predicted octanol–water partition coefficient (Wildman–Crippen LogP) is 8.52. The first-order valence-electron chi connectivity index (χ1n) is 16.9. The molecule has 4 heterocycles. The van der Waals surface area contributed by atoms with E-state index in [4.69, 9.17) is 4.98 Å². The summed E-state index contributed by atoms with van der Waals surface area (Å²) in [5.41, 5.74) is 13.8. The lowest BCUT2D eigenvalue weighted by atomic mass is 9.63. The minimum atomic E-state index is -0.0327. The molecule has 0 radical (unpaired) electrons. The molecule has 4 aromatic rings. The molecule has 0 saturated heterocycles. The summed E-state index contributed by atoms with van der Waals surface area (Å²) in [6.45, 7) is 22.8. The normalized spacial score (nSPS) is 19.1. The van der Waals surface area contributed by atoms with E-state index < -0.39 is 0 Å². The van der Waals surface area contributed by atoms with Gasteiger partial charge in [-0.3, -0.25) is 4.98 Å². The largest absolute Gasteiger partial charge is 0.258 e. The van der Waals surface area contributed by atoms with Crippen LogP contribution in [0.25, 0.3) is 22.5 Å². The maximum absolute atomic E-state index is 9.71. The average Bonchev–Trinajstić information content (AvgIpc) is 3.11. The number of benzene rings is 1. The summed E-state index contributed by atoms with van der Waals surface area (Å²) in [6.07, 6.45) is 9.28. The van der Waals surface area contributed by atoms with Gasteiger partial charge in [-0.1, -0.05) is 47.6 Å². The average molecular weight is 599 g/mol. The van der Waals surface area contributed by atoms with Gasteiger partial charge in [-0.05, 0) is 98.2 Å². The van der Waals surface area contributed by atoms with E-state index in [9.17, 15) is 5.26 Å². The predicted molar refractivity (Wildman–Crippen MR) is 182 cm³/mol. The molecule has 4 nitrogen and oxygen atoms in total. The highest BCUT2D eigenvalue weighted by molar-refractivity contribution is 5.68. The number of fused-ring (bicyclic) bond motifs is 4. The van der Waals surface area contributed by atoms with Crippen molar-refractivity contribution in [3.63, 3.8) is 0 Å². The molecule has 1 unspecified atom stereocenters. The molecule has 232 valence electrons. The molecule has 4 heteroatoms. The molecule has 0 spiro atoms. The summed E-state index contributed by atoms with van der Waals surface area (Å²) in [4.78, 5) is 5.08. The first-order chi connectivity index (χ1) is 21.3. The first-order valence-corrected chi connectivity index (χ1v) is 16.9. The Hall–Kier alpha value is -3.84. The van der Waals surface area contributed by atoms with Gasteiger partial charge >= 0.3 is 0 Å². The highest BCUT2D eigenvalue weighted by atomic mass is 15.0. The van der Waals surface area contributed by atoms with Crippen LogP contribution in [0.2, 0.25) is 0 Å². The Kier molecular flexibility index (Phi) is 7.75. The minimum absolute atomic E-state index is 0.0327. The van der Waals surface area contributed by atoms with Crippen LogP contribution in [0.15, 0.2) is 60.9 Å². The highest BCUT2D eigenvalue weighted by Crippen LogP contribution is 2.50. The molecule has 0 saturated carbocycles. The van der Waals surface area contributed by atoms with Crippen LogP contribution in [0.4, 0.5) is 0 Å². The zero-order valence-electron chi connectivity index (χ0n) is 28.9. The molecule has 1 aliphatic carbocycles. The number of hydrogen-bond acceptors (Lipinski definition) is 2. The summed E-state index contributed by atoms with van der Waals surface area (Å²) in [5, 5.41) is 9.71. The van der Waals surface area contributed by atoms with Gasteiger partial charge in [0, 0.05) is 34.9 Å². The number of pyridine rings is 3. The van der Waals surface area contributed by atoms with E-state index >= 15 is 0 Å². The standard InChI is InChI=1S/C41H50N4/c1-10-41(11-2)31(24-44-19-13-12-14-36(44)32-21-30(23-42)16-15-27(32)3)25-45-26-35-33(39(6,7)17-18-40(35,8)9)22-37(45)38-29(5)43-28(4)20-34(38)41/h12-16,19-22,26,31H,10-11,17-18,24-25H2,1-9H3/q+2. The fourth-order valence-corrected chi connectivity index (χ4v) is 8.66. The zero-order chi connectivity index (χ0) is 32.3. The molecule has 3 aromatic heterocycles. The van der Waals surface area contributed by atoms with Gasteiger partial charge in [0.15, 0.2) is 25.5 Å². The van der Waals surface area contributed by atoms with E-state index in [1.807, 2.05) is 6.07 Å². The van der Waals surface area contributed by atoms with E-state index in [2.05, 4.69) is 132 Å². The van der Waals surface area contributed by atoms with E-state index in [0.717, 1.165) is 42.9 Å². The number of aromatic nitrogens is 3. The third-order valence-corrected chi connectivity index (χ3v) is 11.6. The van der Waals surface area contributed by atoms with Gasteiger partial charge in [-0.15, -0.1) is 0 Å². The quantitative estimate of drug-likeness (QED) is 0.216. The smallest absolute Gasteiger partial charge is 0.214 e. The van der Waals surface area contributed by atoms with Crippen LogP contribution >= 0.6 is 0 Å². The number of rotatable bonds is 5. The third kappa shape index (κ3) is 5.09. The van der Waals surface area contributed by atoms with E-state index in [-0.39, 0.29) is 16.2 Å². The molecule has 1 atom stereocenters.